The first-order valence-corrected chi connectivity index (χ1v) is 9.45. The SMILES string of the molecule is COc1ccccc1CN(CC(=O)N1CCNC(=O)C1)Cc1cccs1. The zero-order valence-corrected chi connectivity index (χ0v) is 15.6. The molecular formula is C19H23N3O3S. The summed E-state index contributed by atoms with van der Waals surface area (Å²) >= 11 is 1.67. The molecule has 2 heterocycles. The third kappa shape index (κ3) is 4.83. The number of benzene rings is 1. The predicted octanol–water partition coefficient (Wildman–Crippen LogP) is 1.72. The van der Waals surface area contributed by atoms with Gasteiger partial charge in [0.2, 0.25) is 11.8 Å². The fraction of sp³-hybridized carbons (Fsp3) is 0.368. The second kappa shape index (κ2) is 8.82. The van der Waals surface area contributed by atoms with Crippen molar-refractivity contribution in [2.45, 2.75) is 13.1 Å². The summed E-state index contributed by atoms with van der Waals surface area (Å²) in [4.78, 5) is 29.2. The van der Waals surface area contributed by atoms with Gasteiger partial charge in [-0.15, -0.1) is 11.3 Å². The monoisotopic (exact) mass is 373 g/mol. The van der Waals surface area contributed by atoms with Gasteiger partial charge in [0.05, 0.1) is 20.2 Å². The fourth-order valence-corrected chi connectivity index (χ4v) is 3.75. The highest BCUT2D eigenvalue weighted by Gasteiger charge is 2.23. The number of ether oxygens (including phenoxy) is 1. The van der Waals surface area contributed by atoms with E-state index in [-0.39, 0.29) is 24.9 Å². The third-order valence-electron chi connectivity index (χ3n) is 4.30. The minimum absolute atomic E-state index is 0.0219. The molecule has 2 amide bonds. The topological polar surface area (TPSA) is 61.9 Å². The molecule has 0 aliphatic carbocycles. The Hall–Kier alpha value is -2.38. The molecule has 0 atom stereocenters. The smallest absolute Gasteiger partial charge is 0.239 e. The molecule has 0 saturated carbocycles. The van der Waals surface area contributed by atoms with Gasteiger partial charge in [0.25, 0.3) is 0 Å². The van der Waals surface area contributed by atoms with E-state index in [4.69, 9.17) is 4.74 Å². The van der Waals surface area contributed by atoms with Gasteiger partial charge in [-0.1, -0.05) is 24.3 Å². The predicted molar refractivity (Wildman–Crippen MR) is 101 cm³/mol. The first kappa shape index (κ1) is 18.4. The van der Waals surface area contributed by atoms with Crippen LogP contribution in [0.15, 0.2) is 41.8 Å². The van der Waals surface area contributed by atoms with Crippen molar-refractivity contribution in [3.63, 3.8) is 0 Å². The maximum Gasteiger partial charge on any atom is 0.239 e. The van der Waals surface area contributed by atoms with Crippen molar-refractivity contribution in [1.82, 2.24) is 15.1 Å². The van der Waals surface area contributed by atoms with Crippen LogP contribution in [0.5, 0.6) is 5.75 Å². The van der Waals surface area contributed by atoms with Crippen LogP contribution in [0.3, 0.4) is 0 Å². The van der Waals surface area contributed by atoms with Crippen LogP contribution in [0.2, 0.25) is 0 Å². The number of nitrogens with one attached hydrogen (secondary N) is 1. The van der Waals surface area contributed by atoms with Gasteiger partial charge in [-0.25, -0.2) is 0 Å². The van der Waals surface area contributed by atoms with Gasteiger partial charge in [-0.05, 0) is 17.5 Å². The van der Waals surface area contributed by atoms with Gasteiger partial charge >= 0.3 is 0 Å². The zero-order valence-electron chi connectivity index (χ0n) is 14.8. The molecular weight excluding hydrogens is 350 g/mol. The van der Waals surface area contributed by atoms with E-state index in [9.17, 15) is 9.59 Å². The van der Waals surface area contributed by atoms with Crippen molar-refractivity contribution in [3.05, 3.63) is 52.2 Å². The molecule has 3 rings (SSSR count). The highest BCUT2D eigenvalue weighted by molar-refractivity contribution is 7.09. The molecule has 1 aliphatic heterocycles. The lowest BCUT2D eigenvalue weighted by Gasteiger charge is -2.30. The summed E-state index contributed by atoms with van der Waals surface area (Å²) < 4.78 is 5.44. The number of para-hydroxylation sites is 1. The highest BCUT2D eigenvalue weighted by atomic mass is 32.1. The Morgan fingerprint density at radius 2 is 2.12 bits per heavy atom. The molecule has 7 heteroatoms. The Bertz CT molecular complexity index is 748. The normalized spacial score (nSPS) is 14.4. The molecule has 1 aliphatic rings. The molecule has 1 fully saturated rings. The van der Waals surface area contributed by atoms with Crippen LogP contribution in [0.1, 0.15) is 10.4 Å². The summed E-state index contributed by atoms with van der Waals surface area (Å²) in [7, 11) is 1.65. The molecule has 0 unspecified atom stereocenters. The Morgan fingerprint density at radius 3 is 2.85 bits per heavy atom. The van der Waals surface area contributed by atoms with Crippen molar-refractivity contribution in [1.29, 1.82) is 0 Å². The Labute approximate surface area is 157 Å². The molecule has 6 nitrogen and oxygen atoms in total. The van der Waals surface area contributed by atoms with Crippen LogP contribution < -0.4 is 10.1 Å². The number of carbonyl (C=O) groups is 2. The zero-order chi connectivity index (χ0) is 18.4. The number of carbonyl (C=O) groups excluding carboxylic acids is 2. The molecule has 0 spiro atoms. The van der Waals surface area contributed by atoms with E-state index < -0.39 is 0 Å². The number of thiophene rings is 1. The molecule has 2 aromatic rings. The number of methoxy groups -OCH3 is 1. The van der Waals surface area contributed by atoms with E-state index in [0.29, 0.717) is 26.2 Å². The largest absolute Gasteiger partial charge is 0.496 e. The summed E-state index contributed by atoms with van der Waals surface area (Å²) in [6, 6.07) is 11.9. The lowest BCUT2D eigenvalue weighted by Crippen LogP contribution is -2.52. The lowest BCUT2D eigenvalue weighted by molar-refractivity contribution is -0.139. The fourth-order valence-electron chi connectivity index (χ4n) is 3.01. The summed E-state index contributed by atoms with van der Waals surface area (Å²) in [5, 5.41) is 4.79. The Morgan fingerprint density at radius 1 is 1.27 bits per heavy atom. The molecule has 1 aromatic heterocycles. The summed E-state index contributed by atoms with van der Waals surface area (Å²) in [6.07, 6.45) is 0. The van der Waals surface area contributed by atoms with E-state index in [1.807, 2.05) is 35.7 Å². The second-order valence-electron chi connectivity index (χ2n) is 6.20. The van der Waals surface area contributed by atoms with Crippen molar-refractivity contribution < 1.29 is 14.3 Å². The van der Waals surface area contributed by atoms with Gasteiger partial charge in [0.15, 0.2) is 0 Å². The molecule has 1 aromatic carbocycles. The van der Waals surface area contributed by atoms with Crippen LogP contribution in [0.4, 0.5) is 0 Å². The summed E-state index contributed by atoms with van der Waals surface area (Å²) in [6.45, 7) is 2.77. The van der Waals surface area contributed by atoms with Gasteiger partial charge in [0.1, 0.15) is 5.75 Å². The van der Waals surface area contributed by atoms with E-state index in [1.54, 1.807) is 23.3 Å². The Balaban J connectivity index is 1.72. The number of piperazine rings is 1. The number of rotatable bonds is 7. The molecule has 0 bridgehead atoms. The summed E-state index contributed by atoms with van der Waals surface area (Å²) in [5.74, 6) is 0.693. The van der Waals surface area contributed by atoms with Crippen LogP contribution >= 0.6 is 11.3 Å². The van der Waals surface area contributed by atoms with Gasteiger partial charge in [-0.3, -0.25) is 14.5 Å². The van der Waals surface area contributed by atoms with E-state index in [2.05, 4.69) is 16.3 Å². The minimum atomic E-state index is -0.0980. The highest BCUT2D eigenvalue weighted by Crippen LogP contribution is 2.21. The molecule has 26 heavy (non-hydrogen) atoms. The lowest BCUT2D eigenvalue weighted by atomic mass is 10.2. The molecule has 0 radical (unpaired) electrons. The summed E-state index contributed by atoms with van der Waals surface area (Å²) in [5.41, 5.74) is 1.04. The van der Waals surface area contributed by atoms with Crippen molar-refractivity contribution >= 4 is 23.2 Å². The molecule has 1 saturated heterocycles. The van der Waals surface area contributed by atoms with Crippen molar-refractivity contribution in [2.75, 3.05) is 33.3 Å². The van der Waals surface area contributed by atoms with Gasteiger partial charge in [-0.2, -0.15) is 0 Å². The van der Waals surface area contributed by atoms with Crippen LogP contribution in [0, 0.1) is 0 Å². The van der Waals surface area contributed by atoms with E-state index in [1.165, 1.54) is 4.88 Å². The maximum absolute atomic E-state index is 12.7. The van der Waals surface area contributed by atoms with E-state index in [0.717, 1.165) is 11.3 Å². The standard InChI is InChI=1S/C19H23N3O3S/c1-25-17-7-3-2-5-15(17)11-21(12-16-6-4-10-26-16)14-19(24)22-9-8-20-18(23)13-22/h2-7,10H,8-9,11-14H2,1H3,(H,20,23). The maximum atomic E-state index is 12.7. The van der Waals surface area contributed by atoms with Gasteiger partial charge in [0, 0.05) is 36.6 Å². The minimum Gasteiger partial charge on any atom is -0.496 e. The van der Waals surface area contributed by atoms with Crippen molar-refractivity contribution in [3.8, 4) is 5.75 Å². The Kier molecular flexibility index (Phi) is 6.25. The van der Waals surface area contributed by atoms with Crippen LogP contribution in [-0.4, -0.2) is 54.9 Å². The van der Waals surface area contributed by atoms with Crippen LogP contribution in [-0.2, 0) is 22.7 Å². The van der Waals surface area contributed by atoms with Crippen LogP contribution in [0.25, 0.3) is 0 Å². The van der Waals surface area contributed by atoms with E-state index >= 15 is 0 Å². The molecule has 138 valence electrons. The molecule has 1 N–H and O–H groups in total. The quantitative estimate of drug-likeness (QED) is 0.803. The number of nitrogens with zero attached hydrogens (tertiary/aromatic N) is 2. The second-order valence-corrected chi connectivity index (χ2v) is 7.23. The number of amides is 2. The van der Waals surface area contributed by atoms with Gasteiger partial charge < -0.3 is 15.0 Å². The number of hydrogen-bond donors (Lipinski definition) is 1. The average Bonchev–Trinajstić information content (AvgIpc) is 3.15. The number of hydrogen-bond acceptors (Lipinski definition) is 5. The first-order valence-electron chi connectivity index (χ1n) is 8.57. The first-order chi connectivity index (χ1) is 12.7. The third-order valence-corrected chi connectivity index (χ3v) is 5.16. The van der Waals surface area contributed by atoms with Crippen molar-refractivity contribution in [2.24, 2.45) is 0 Å². The average molecular weight is 373 g/mol.